The summed E-state index contributed by atoms with van der Waals surface area (Å²) in [7, 11) is 0. The van der Waals surface area contributed by atoms with Crippen LogP contribution in [0, 0.1) is 0 Å². The molecular weight excluding hydrogens is 170 g/mol. The van der Waals surface area contributed by atoms with Crippen LogP contribution in [-0.2, 0) is 0 Å². The average molecular weight is 197 g/mol. The topological polar surface area (TPSA) is 12.0 Å². The summed E-state index contributed by atoms with van der Waals surface area (Å²) in [6.45, 7) is 4.59. The maximum atomic E-state index is 3.86. The Hall–Kier alpha value is -0.0400. The molecule has 1 N–H and O–H groups in total. The lowest BCUT2D eigenvalue weighted by Crippen LogP contribution is -2.39. The zero-order valence-electron chi connectivity index (χ0n) is 10.0. The van der Waals surface area contributed by atoms with Gasteiger partial charge >= 0.3 is 0 Å². The van der Waals surface area contributed by atoms with Crippen molar-refractivity contribution in [3.05, 3.63) is 0 Å². The third-order valence-corrected chi connectivity index (χ3v) is 3.35. The minimum absolute atomic E-state index is 0.799. The molecule has 1 rings (SSSR count). The highest BCUT2D eigenvalue weighted by Gasteiger charge is 2.16. The van der Waals surface area contributed by atoms with E-state index in [9.17, 15) is 0 Å². The van der Waals surface area contributed by atoms with Gasteiger partial charge in [0.1, 0.15) is 0 Å². The molecule has 0 radical (unpaired) electrons. The average Bonchev–Trinajstić information content (AvgIpc) is 2.20. The lowest BCUT2D eigenvalue weighted by Gasteiger charge is -2.28. The van der Waals surface area contributed by atoms with Gasteiger partial charge in [0.2, 0.25) is 0 Å². The molecule has 0 saturated heterocycles. The van der Waals surface area contributed by atoms with Crippen molar-refractivity contribution in [2.24, 2.45) is 0 Å². The molecule has 0 amide bonds. The summed E-state index contributed by atoms with van der Waals surface area (Å²) in [6, 6.07) is 1.64. The number of hydrogen-bond donors (Lipinski definition) is 1. The molecule has 0 aliphatic heterocycles. The Morgan fingerprint density at radius 1 is 1.00 bits per heavy atom. The molecule has 1 heteroatoms. The number of rotatable bonds is 6. The van der Waals surface area contributed by atoms with Crippen molar-refractivity contribution in [3.8, 4) is 0 Å². The van der Waals surface area contributed by atoms with Crippen LogP contribution in [0.4, 0.5) is 0 Å². The molecule has 1 aliphatic rings. The van der Waals surface area contributed by atoms with E-state index in [0.29, 0.717) is 0 Å². The fourth-order valence-corrected chi connectivity index (χ4v) is 2.61. The van der Waals surface area contributed by atoms with Gasteiger partial charge in [0.15, 0.2) is 0 Å². The fourth-order valence-electron chi connectivity index (χ4n) is 2.61. The Kier molecular flexibility index (Phi) is 6.25. The molecule has 0 aromatic carbocycles. The van der Waals surface area contributed by atoms with Crippen LogP contribution in [0.15, 0.2) is 0 Å². The molecular formula is C13H27N. The van der Waals surface area contributed by atoms with Crippen LogP contribution in [-0.4, -0.2) is 12.1 Å². The normalized spacial score (nSPS) is 19.1. The van der Waals surface area contributed by atoms with E-state index in [4.69, 9.17) is 0 Å². The Morgan fingerprint density at radius 2 is 1.57 bits per heavy atom. The van der Waals surface area contributed by atoms with Gasteiger partial charge in [-0.15, -0.1) is 0 Å². The zero-order chi connectivity index (χ0) is 10.2. The first-order chi connectivity index (χ1) is 6.86. The van der Waals surface area contributed by atoms with E-state index in [1.165, 1.54) is 57.8 Å². The molecule has 14 heavy (non-hydrogen) atoms. The van der Waals surface area contributed by atoms with Gasteiger partial charge in [-0.2, -0.15) is 0 Å². The second-order valence-corrected chi connectivity index (χ2v) is 4.78. The third kappa shape index (κ3) is 4.45. The highest BCUT2D eigenvalue weighted by atomic mass is 14.9. The molecule has 0 atom stereocenters. The van der Waals surface area contributed by atoms with Crippen molar-refractivity contribution in [1.29, 1.82) is 0 Å². The van der Waals surface area contributed by atoms with Gasteiger partial charge in [0.25, 0.3) is 0 Å². The predicted octanol–water partition coefficient (Wildman–Crippen LogP) is 3.88. The molecule has 1 aliphatic carbocycles. The van der Waals surface area contributed by atoms with Crippen molar-refractivity contribution in [1.82, 2.24) is 5.32 Å². The zero-order valence-corrected chi connectivity index (χ0v) is 10.0. The second-order valence-electron chi connectivity index (χ2n) is 4.78. The smallest absolute Gasteiger partial charge is 0.00696 e. The van der Waals surface area contributed by atoms with Crippen molar-refractivity contribution < 1.29 is 0 Å². The first-order valence-corrected chi connectivity index (χ1v) is 6.62. The summed E-state index contributed by atoms with van der Waals surface area (Å²) in [5.74, 6) is 0. The van der Waals surface area contributed by atoms with E-state index < -0.39 is 0 Å². The maximum absolute atomic E-state index is 3.86. The Morgan fingerprint density at radius 3 is 2.07 bits per heavy atom. The van der Waals surface area contributed by atoms with Gasteiger partial charge in [-0.25, -0.2) is 0 Å². The first kappa shape index (κ1) is 12.0. The Bertz CT molecular complexity index is 121. The SMILES string of the molecule is CCCC(CCC)NC1CCCCC1. The van der Waals surface area contributed by atoms with E-state index >= 15 is 0 Å². The number of hydrogen-bond acceptors (Lipinski definition) is 1. The number of nitrogens with one attached hydrogen (secondary N) is 1. The van der Waals surface area contributed by atoms with Crippen LogP contribution in [0.25, 0.3) is 0 Å². The quantitative estimate of drug-likeness (QED) is 0.681. The van der Waals surface area contributed by atoms with Crippen LogP contribution in [0.5, 0.6) is 0 Å². The first-order valence-electron chi connectivity index (χ1n) is 6.62. The molecule has 1 saturated carbocycles. The van der Waals surface area contributed by atoms with Crippen molar-refractivity contribution in [2.45, 2.75) is 83.7 Å². The van der Waals surface area contributed by atoms with E-state index in [0.717, 1.165) is 12.1 Å². The molecule has 0 heterocycles. The summed E-state index contributed by atoms with van der Waals surface area (Å²) in [4.78, 5) is 0. The van der Waals surface area contributed by atoms with Crippen LogP contribution in [0.2, 0.25) is 0 Å². The minimum Gasteiger partial charge on any atom is -0.311 e. The van der Waals surface area contributed by atoms with Gasteiger partial charge in [0, 0.05) is 12.1 Å². The second kappa shape index (κ2) is 7.28. The lowest BCUT2D eigenvalue weighted by molar-refractivity contribution is 0.316. The molecule has 0 unspecified atom stereocenters. The van der Waals surface area contributed by atoms with Crippen LogP contribution in [0.3, 0.4) is 0 Å². The van der Waals surface area contributed by atoms with Crippen molar-refractivity contribution >= 4 is 0 Å². The Balaban J connectivity index is 2.21. The summed E-state index contributed by atoms with van der Waals surface area (Å²) in [5, 5.41) is 3.86. The summed E-state index contributed by atoms with van der Waals surface area (Å²) >= 11 is 0. The molecule has 0 bridgehead atoms. The molecule has 84 valence electrons. The molecule has 0 aromatic rings. The van der Waals surface area contributed by atoms with E-state index in [-0.39, 0.29) is 0 Å². The van der Waals surface area contributed by atoms with Gasteiger partial charge in [-0.3, -0.25) is 0 Å². The maximum Gasteiger partial charge on any atom is 0.00696 e. The molecule has 1 fully saturated rings. The highest BCUT2D eigenvalue weighted by Crippen LogP contribution is 2.19. The summed E-state index contributed by atoms with van der Waals surface area (Å²) < 4.78 is 0. The monoisotopic (exact) mass is 197 g/mol. The molecule has 0 aromatic heterocycles. The van der Waals surface area contributed by atoms with E-state index in [1.807, 2.05) is 0 Å². The van der Waals surface area contributed by atoms with Gasteiger partial charge in [-0.05, 0) is 25.7 Å². The fraction of sp³-hybridized carbons (Fsp3) is 1.00. The summed E-state index contributed by atoms with van der Waals surface area (Å²) in [5.41, 5.74) is 0. The van der Waals surface area contributed by atoms with Gasteiger partial charge < -0.3 is 5.32 Å². The largest absolute Gasteiger partial charge is 0.311 e. The van der Waals surface area contributed by atoms with Crippen molar-refractivity contribution in [3.63, 3.8) is 0 Å². The molecule has 1 nitrogen and oxygen atoms in total. The minimum atomic E-state index is 0.799. The lowest BCUT2D eigenvalue weighted by atomic mass is 9.94. The third-order valence-electron chi connectivity index (χ3n) is 3.35. The highest BCUT2D eigenvalue weighted by molar-refractivity contribution is 4.76. The van der Waals surface area contributed by atoms with E-state index in [1.54, 1.807) is 0 Å². The van der Waals surface area contributed by atoms with Gasteiger partial charge in [0.05, 0.1) is 0 Å². The van der Waals surface area contributed by atoms with E-state index in [2.05, 4.69) is 19.2 Å². The van der Waals surface area contributed by atoms with Crippen molar-refractivity contribution in [2.75, 3.05) is 0 Å². The summed E-state index contributed by atoms with van der Waals surface area (Å²) in [6.07, 6.45) is 12.6. The van der Waals surface area contributed by atoms with Crippen LogP contribution in [0.1, 0.15) is 71.6 Å². The predicted molar refractivity (Wildman–Crippen MR) is 63.6 cm³/mol. The van der Waals surface area contributed by atoms with Crippen LogP contribution >= 0.6 is 0 Å². The Labute approximate surface area is 89.7 Å². The van der Waals surface area contributed by atoms with Gasteiger partial charge in [-0.1, -0.05) is 46.0 Å². The standard InChI is InChI=1S/C13H27N/c1-3-8-12(9-4-2)14-13-10-6-5-7-11-13/h12-14H,3-11H2,1-2H3. The van der Waals surface area contributed by atoms with Crippen LogP contribution < -0.4 is 5.32 Å². The molecule has 0 spiro atoms.